The number of thiocarbonyl (C=S) groups is 1. The van der Waals surface area contributed by atoms with Gasteiger partial charge in [-0.1, -0.05) is 30.3 Å². The first-order valence-corrected chi connectivity index (χ1v) is 15.3. The van der Waals surface area contributed by atoms with Gasteiger partial charge < -0.3 is 37.6 Å². The summed E-state index contributed by atoms with van der Waals surface area (Å²) in [6.45, 7) is 9.18. The second-order valence-electron chi connectivity index (χ2n) is 9.18. The van der Waals surface area contributed by atoms with Gasteiger partial charge in [0.25, 0.3) is 9.88 Å². The first kappa shape index (κ1) is 33.8. The average Bonchev–Trinajstić information content (AvgIpc) is 3.39. The van der Waals surface area contributed by atoms with Gasteiger partial charge in [-0.15, -0.1) is 0 Å². The Morgan fingerprint density at radius 3 is 1.98 bits per heavy atom. The predicted molar refractivity (Wildman–Crippen MR) is 169 cm³/mol. The summed E-state index contributed by atoms with van der Waals surface area (Å²) in [6, 6.07) is 11.2. The van der Waals surface area contributed by atoms with E-state index < -0.39 is 10.9 Å². The van der Waals surface area contributed by atoms with Crippen LogP contribution in [0.5, 0.6) is 5.75 Å². The molecule has 1 aliphatic rings. The Bertz CT molecular complexity index is 1070. The molecule has 1 saturated heterocycles. The summed E-state index contributed by atoms with van der Waals surface area (Å²) in [5, 5.41) is 2.89. The van der Waals surface area contributed by atoms with Crippen molar-refractivity contribution >= 4 is 32.5 Å². The van der Waals surface area contributed by atoms with Crippen molar-refractivity contribution in [2.45, 2.75) is 6.61 Å². The number of hydrogen-bond donors (Lipinski definition) is 5. The van der Waals surface area contributed by atoms with E-state index in [1.54, 1.807) is 19.3 Å². The van der Waals surface area contributed by atoms with Gasteiger partial charge in [-0.05, 0) is 23.8 Å². The zero-order chi connectivity index (χ0) is 29.3. The Balaban J connectivity index is 0.000000307. The molecule has 1 fully saturated rings. The highest BCUT2D eigenvalue weighted by atomic mass is 32.2. The maximum atomic E-state index is 12.8. The summed E-state index contributed by atoms with van der Waals surface area (Å²) in [5.41, 5.74) is 23.1. The van der Waals surface area contributed by atoms with Crippen LogP contribution in [-0.2, 0) is 24.5 Å². The molecule has 0 spiro atoms. The second-order valence-corrected chi connectivity index (χ2v) is 11.8. The number of ether oxygens (including phenoxy) is 1. The number of carbonyl (C=O) groups is 1. The Morgan fingerprint density at radius 2 is 1.50 bits per heavy atom. The summed E-state index contributed by atoms with van der Waals surface area (Å²) in [7, 11) is 0.947. The number of nitrogens with two attached hydrogens (primary N) is 4. The van der Waals surface area contributed by atoms with E-state index in [4.69, 9.17) is 39.9 Å². The molecule has 0 aliphatic carbocycles. The van der Waals surface area contributed by atoms with Gasteiger partial charge in [0.2, 0.25) is 5.75 Å². The third kappa shape index (κ3) is 10.9. The number of nitrogens with zero attached hydrogens (tertiary/aromatic N) is 3. The van der Waals surface area contributed by atoms with Gasteiger partial charge in [0.05, 0.1) is 6.54 Å². The van der Waals surface area contributed by atoms with Crippen molar-refractivity contribution in [2.24, 2.45) is 30.0 Å². The zero-order valence-electron chi connectivity index (χ0n) is 23.4. The van der Waals surface area contributed by atoms with Gasteiger partial charge in [-0.25, -0.2) is 4.79 Å². The molecule has 222 valence electrons. The molecule has 1 aromatic carbocycles. The van der Waals surface area contributed by atoms with Crippen molar-refractivity contribution < 1.29 is 9.53 Å². The number of nitrogens with one attached hydrogen (secondary N) is 1. The minimum atomic E-state index is -0.688. The molecule has 0 amide bonds. The maximum absolute atomic E-state index is 12.8. The predicted octanol–water partition coefficient (Wildman–Crippen LogP) is -0.964. The van der Waals surface area contributed by atoms with Gasteiger partial charge in [-0.3, -0.25) is 14.6 Å². The standard InChI is InChI=1S/C17H16N2O3S2.C10H28N6/c1-19-9-7-13(16(21)24-10-8-18-17(24)23)14(15(19)20)22-11-12-5-3-2-4-6-12;11-1-5-15(6-2-12)9-10-16(7-3-13)8-4-14/h2-7,9H,8,10-11H2,1H3;1-14H2/p+1. The summed E-state index contributed by atoms with van der Waals surface area (Å²) in [4.78, 5) is 29.8. The van der Waals surface area contributed by atoms with Crippen LogP contribution < -0.4 is 38.5 Å². The van der Waals surface area contributed by atoms with Crippen molar-refractivity contribution in [3.8, 4) is 5.75 Å². The summed E-state index contributed by atoms with van der Waals surface area (Å²) < 4.78 is 7.71. The lowest BCUT2D eigenvalue weighted by atomic mass is 10.2. The molecule has 1 unspecified atom stereocenters. The molecule has 2 aromatic rings. The molecule has 1 aromatic heterocycles. The van der Waals surface area contributed by atoms with Crippen molar-refractivity contribution in [2.75, 3.05) is 77.7 Å². The monoisotopic (exact) mass is 593 g/mol. The van der Waals surface area contributed by atoms with Crippen molar-refractivity contribution in [3.05, 3.63) is 64.1 Å². The molecule has 0 saturated carbocycles. The molecule has 1 atom stereocenters. The second kappa shape index (κ2) is 18.9. The smallest absolute Gasteiger partial charge is 0.374 e. The van der Waals surface area contributed by atoms with E-state index in [1.807, 2.05) is 30.3 Å². The number of carbonyl (C=O) groups excluding carboxylic acids is 1. The summed E-state index contributed by atoms with van der Waals surface area (Å²) in [5.74, 6) is 0.765. The molecule has 11 nitrogen and oxygen atoms in total. The zero-order valence-corrected chi connectivity index (χ0v) is 25.1. The van der Waals surface area contributed by atoms with Crippen LogP contribution in [-0.4, -0.2) is 102 Å². The molecule has 0 radical (unpaired) electrons. The fourth-order valence-electron chi connectivity index (χ4n) is 4.06. The molecule has 1 aliphatic heterocycles. The van der Waals surface area contributed by atoms with Crippen molar-refractivity contribution in [1.82, 2.24) is 19.7 Å². The average molecular weight is 594 g/mol. The summed E-state index contributed by atoms with van der Waals surface area (Å²) >= 11 is 5.22. The molecule has 9 N–H and O–H groups in total. The third-order valence-corrected chi connectivity index (χ3v) is 8.83. The lowest BCUT2D eigenvalue weighted by molar-refractivity contribution is 0.108. The Hall–Kier alpha value is -2.36. The first-order chi connectivity index (χ1) is 19.4. The molecular formula is C27H45N8O3S2+. The highest BCUT2D eigenvalue weighted by Crippen LogP contribution is 2.21. The van der Waals surface area contributed by atoms with Gasteiger partial charge in [0, 0.05) is 78.7 Å². The topological polar surface area (TPSA) is 171 Å². The van der Waals surface area contributed by atoms with Gasteiger partial charge in [0.15, 0.2) is 0 Å². The molecule has 13 heteroatoms. The normalized spacial score (nSPS) is 14.7. The Labute approximate surface area is 245 Å². The fraction of sp³-hybridized carbons (Fsp3) is 0.519. The fourth-order valence-corrected chi connectivity index (χ4v) is 6.19. The lowest BCUT2D eigenvalue weighted by Crippen LogP contribution is -2.42. The van der Waals surface area contributed by atoms with Crippen LogP contribution in [0.1, 0.15) is 15.9 Å². The number of hydrogen-bond acceptors (Lipinski definition) is 10. The minimum absolute atomic E-state index is 0.0936. The van der Waals surface area contributed by atoms with Gasteiger partial charge in [-0.2, -0.15) is 0 Å². The van der Waals surface area contributed by atoms with Crippen LogP contribution in [0.3, 0.4) is 0 Å². The highest BCUT2D eigenvalue weighted by molar-refractivity contribution is 8.30. The molecular weight excluding hydrogens is 548 g/mol. The number of rotatable bonds is 15. The Morgan fingerprint density at radius 1 is 0.950 bits per heavy atom. The van der Waals surface area contributed by atoms with Crippen LogP contribution in [0.15, 0.2) is 47.4 Å². The van der Waals surface area contributed by atoms with Crippen LogP contribution in [0.2, 0.25) is 0 Å². The van der Waals surface area contributed by atoms with E-state index >= 15 is 0 Å². The minimum Gasteiger partial charge on any atom is -0.482 e. The SMILES string of the molecule is Cn1ccc(C(=O)[S+]2CCNC2=S)c(OCc2ccccc2)c1=O.NCCN(CCN)CCN(CCN)CCN. The van der Waals surface area contributed by atoms with Gasteiger partial charge >= 0.3 is 5.12 Å². The lowest BCUT2D eigenvalue weighted by Gasteiger charge is -2.26. The van der Waals surface area contributed by atoms with E-state index in [0.29, 0.717) is 48.4 Å². The Kier molecular flexibility index (Phi) is 16.0. The van der Waals surface area contributed by atoms with E-state index in [0.717, 1.165) is 44.8 Å². The molecule has 40 heavy (non-hydrogen) atoms. The molecule has 3 rings (SSSR count). The van der Waals surface area contributed by atoms with E-state index in [1.165, 1.54) is 4.57 Å². The van der Waals surface area contributed by atoms with Crippen LogP contribution >= 0.6 is 12.2 Å². The number of pyridine rings is 1. The van der Waals surface area contributed by atoms with E-state index in [9.17, 15) is 9.59 Å². The maximum Gasteiger partial charge on any atom is 0.374 e. The van der Waals surface area contributed by atoms with Crippen LogP contribution in [0.25, 0.3) is 0 Å². The highest BCUT2D eigenvalue weighted by Gasteiger charge is 2.42. The third-order valence-electron chi connectivity index (χ3n) is 6.21. The van der Waals surface area contributed by atoms with E-state index in [-0.39, 0.29) is 23.0 Å². The molecule has 2 heterocycles. The van der Waals surface area contributed by atoms with E-state index in [2.05, 4.69) is 15.1 Å². The van der Waals surface area contributed by atoms with Gasteiger partial charge in [0.1, 0.15) is 28.8 Å². The van der Waals surface area contributed by atoms with Crippen molar-refractivity contribution in [1.29, 1.82) is 0 Å². The number of aryl methyl sites for hydroxylation is 1. The van der Waals surface area contributed by atoms with Crippen molar-refractivity contribution in [3.63, 3.8) is 0 Å². The molecule has 0 bridgehead atoms. The first-order valence-electron chi connectivity index (χ1n) is 13.5. The largest absolute Gasteiger partial charge is 0.482 e. The number of benzene rings is 1. The quantitative estimate of drug-likeness (QED) is 0.127. The van der Waals surface area contributed by atoms with Crippen LogP contribution in [0.4, 0.5) is 0 Å². The summed E-state index contributed by atoms with van der Waals surface area (Å²) in [6.07, 6.45) is 1.58. The van der Waals surface area contributed by atoms with Crippen LogP contribution in [0, 0.1) is 0 Å². The number of aromatic nitrogens is 1.